The maximum Gasteiger partial charge on any atom is 0.325 e. The normalized spacial score (nSPS) is 15.2. The van der Waals surface area contributed by atoms with E-state index in [0.29, 0.717) is 19.1 Å². The van der Waals surface area contributed by atoms with Crippen LogP contribution in [0.2, 0.25) is 0 Å². The highest BCUT2D eigenvalue weighted by Crippen LogP contribution is 2.40. The van der Waals surface area contributed by atoms with Gasteiger partial charge in [0.2, 0.25) is 0 Å². The van der Waals surface area contributed by atoms with E-state index in [2.05, 4.69) is 33.5 Å². The number of anilines is 1. The van der Waals surface area contributed by atoms with Gasteiger partial charge in [-0.2, -0.15) is 0 Å². The second-order valence-corrected chi connectivity index (χ2v) is 8.31. The van der Waals surface area contributed by atoms with Crippen LogP contribution < -0.4 is 9.64 Å². The summed E-state index contributed by atoms with van der Waals surface area (Å²) >= 11 is 0. The SMILES string of the molecule is CCCCCCCCOc1ccc2c(c1)C(CCn1ccnc1)CN2CC(=O)OCC. The Kier molecular flexibility index (Phi) is 9.25. The maximum atomic E-state index is 12.1. The van der Waals surface area contributed by atoms with Crippen LogP contribution in [0.4, 0.5) is 5.69 Å². The van der Waals surface area contributed by atoms with Crippen molar-refractivity contribution in [2.45, 2.75) is 71.3 Å². The van der Waals surface area contributed by atoms with Crippen molar-refractivity contribution in [1.82, 2.24) is 9.55 Å². The standard InChI is InChI=1S/C25H37N3O3/c1-3-5-6-7-8-9-16-31-22-10-11-24-23(17-22)21(12-14-27-15-13-26-20-27)18-28(24)19-25(29)30-4-2/h10-11,13,15,17,20-21H,3-9,12,14,16,18-19H2,1-2H3. The summed E-state index contributed by atoms with van der Waals surface area (Å²) in [7, 11) is 0. The summed E-state index contributed by atoms with van der Waals surface area (Å²) < 4.78 is 13.3. The molecule has 0 radical (unpaired) electrons. The molecule has 2 aromatic rings. The Hall–Kier alpha value is -2.50. The lowest BCUT2D eigenvalue weighted by molar-refractivity contribution is -0.141. The quantitative estimate of drug-likeness (QED) is 0.307. The summed E-state index contributed by atoms with van der Waals surface area (Å²) in [5.41, 5.74) is 2.39. The molecule has 1 aromatic heterocycles. The first-order valence-electron chi connectivity index (χ1n) is 11.8. The van der Waals surface area contributed by atoms with Crippen molar-refractivity contribution in [1.29, 1.82) is 0 Å². The summed E-state index contributed by atoms with van der Waals surface area (Å²) in [6.45, 7) is 7.28. The van der Waals surface area contributed by atoms with Gasteiger partial charge in [0.15, 0.2) is 0 Å². The molecule has 0 aliphatic carbocycles. The van der Waals surface area contributed by atoms with Crippen molar-refractivity contribution in [2.24, 2.45) is 0 Å². The number of unbranched alkanes of at least 4 members (excludes halogenated alkanes) is 5. The number of carbonyl (C=O) groups is 1. The number of aryl methyl sites for hydroxylation is 1. The van der Waals surface area contributed by atoms with E-state index < -0.39 is 0 Å². The number of aromatic nitrogens is 2. The third kappa shape index (κ3) is 7.01. The monoisotopic (exact) mass is 427 g/mol. The van der Waals surface area contributed by atoms with Crippen LogP contribution in [0.25, 0.3) is 0 Å². The fourth-order valence-corrected chi connectivity index (χ4v) is 4.26. The number of imidazole rings is 1. The Balaban J connectivity index is 1.60. The highest BCUT2D eigenvalue weighted by atomic mass is 16.5. The largest absolute Gasteiger partial charge is 0.494 e. The van der Waals surface area contributed by atoms with Crippen molar-refractivity contribution in [3.63, 3.8) is 0 Å². The number of carbonyl (C=O) groups excluding carboxylic acids is 1. The zero-order valence-corrected chi connectivity index (χ0v) is 19.1. The lowest BCUT2D eigenvalue weighted by Crippen LogP contribution is -2.30. The first-order chi connectivity index (χ1) is 15.2. The van der Waals surface area contributed by atoms with Gasteiger partial charge in [0.25, 0.3) is 0 Å². The van der Waals surface area contributed by atoms with Gasteiger partial charge in [0, 0.05) is 37.1 Å². The molecule has 3 rings (SSSR count). The molecule has 1 aromatic carbocycles. The van der Waals surface area contributed by atoms with E-state index >= 15 is 0 Å². The van der Waals surface area contributed by atoms with Gasteiger partial charge in [-0.1, -0.05) is 39.0 Å². The van der Waals surface area contributed by atoms with E-state index in [0.717, 1.165) is 44.0 Å². The Morgan fingerprint density at radius 2 is 2.00 bits per heavy atom. The fraction of sp³-hybridized carbons (Fsp3) is 0.600. The Morgan fingerprint density at radius 1 is 1.16 bits per heavy atom. The molecule has 1 atom stereocenters. The maximum absolute atomic E-state index is 12.1. The molecule has 0 saturated carbocycles. The van der Waals surface area contributed by atoms with Crippen LogP contribution in [0, 0.1) is 0 Å². The third-order valence-corrected chi connectivity index (χ3v) is 5.91. The Labute approximate surface area is 186 Å². The molecule has 1 unspecified atom stereocenters. The number of nitrogens with zero attached hydrogens (tertiary/aromatic N) is 3. The minimum atomic E-state index is -0.174. The number of rotatable bonds is 14. The molecule has 0 spiro atoms. The molecule has 0 amide bonds. The van der Waals surface area contributed by atoms with E-state index in [1.54, 1.807) is 0 Å². The molecule has 31 heavy (non-hydrogen) atoms. The third-order valence-electron chi connectivity index (χ3n) is 5.91. The highest BCUT2D eigenvalue weighted by molar-refractivity contribution is 5.78. The van der Waals surface area contributed by atoms with Crippen LogP contribution in [-0.2, 0) is 16.1 Å². The molecule has 0 bridgehead atoms. The minimum absolute atomic E-state index is 0.174. The number of hydrogen-bond acceptors (Lipinski definition) is 5. The van der Waals surface area contributed by atoms with Gasteiger partial charge in [-0.25, -0.2) is 4.98 Å². The van der Waals surface area contributed by atoms with Crippen molar-refractivity contribution in [3.8, 4) is 5.75 Å². The van der Waals surface area contributed by atoms with Gasteiger partial charge in [-0.3, -0.25) is 4.79 Å². The Bertz CT molecular complexity index is 791. The molecule has 2 heterocycles. The first-order valence-corrected chi connectivity index (χ1v) is 11.8. The molecule has 0 fully saturated rings. The number of ether oxygens (including phenoxy) is 2. The summed E-state index contributed by atoms with van der Waals surface area (Å²) in [4.78, 5) is 18.4. The van der Waals surface area contributed by atoms with E-state index in [9.17, 15) is 4.79 Å². The van der Waals surface area contributed by atoms with Crippen molar-refractivity contribution >= 4 is 11.7 Å². The average Bonchev–Trinajstić information content (AvgIpc) is 3.40. The van der Waals surface area contributed by atoms with Crippen molar-refractivity contribution < 1.29 is 14.3 Å². The topological polar surface area (TPSA) is 56.6 Å². The predicted octanol–water partition coefficient (Wildman–Crippen LogP) is 5.18. The van der Waals surface area contributed by atoms with E-state index in [-0.39, 0.29) is 5.97 Å². The molecule has 0 saturated heterocycles. The van der Waals surface area contributed by atoms with Crippen LogP contribution in [-0.4, -0.2) is 41.8 Å². The lowest BCUT2D eigenvalue weighted by atomic mass is 9.97. The number of hydrogen-bond donors (Lipinski definition) is 0. The van der Waals surface area contributed by atoms with Crippen LogP contribution >= 0.6 is 0 Å². The van der Waals surface area contributed by atoms with Gasteiger partial charge in [0.05, 0.1) is 19.5 Å². The fourth-order valence-electron chi connectivity index (χ4n) is 4.26. The van der Waals surface area contributed by atoms with E-state index in [1.165, 1.54) is 37.7 Å². The molecular formula is C25H37N3O3. The van der Waals surface area contributed by atoms with E-state index in [4.69, 9.17) is 9.47 Å². The minimum Gasteiger partial charge on any atom is -0.494 e. The van der Waals surface area contributed by atoms with Crippen molar-refractivity contribution in [2.75, 3.05) is 31.2 Å². The molecular weight excluding hydrogens is 390 g/mol. The Morgan fingerprint density at radius 3 is 2.77 bits per heavy atom. The predicted molar refractivity (Wildman–Crippen MR) is 124 cm³/mol. The smallest absolute Gasteiger partial charge is 0.325 e. The number of benzene rings is 1. The molecule has 0 N–H and O–H groups in total. The van der Waals surface area contributed by atoms with Crippen LogP contribution in [0.3, 0.4) is 0 Å². The van der Waals surface area contributed by atoms with Crippen LogP contribution in [0.1, 0.15) is 70.3 Å². The second kappa shape index (κ2) is 12.4. The van der Waals surface area contributed by atoms with Gasteiger partial charge in [-0.15, -0.1) is 0 Å². The van der Waals surface area contributed by atoms with Crippen molar-refractivity contribution in [3.05, 3.63) is 42.5 Å². The lowest BCUT2D eigenvalue weighted by Gasteiger charge is -2.19. The summed E-state index contributed by atoms with van der Waals surface area (Å²) in [5, 5.41) is 0. The molecule has 6 nitrogen and oxygen atoms in total. The summed E-state index contributed by atoms with van der Waals surface area (Å²) in [6.07, 6.45) is 14.2. The van der Waals surface area contributed by atoms with Gasteiger partial charge in [0.1, 0.15) is 12.3 Å². The summed E-state index contributed by atoms with van der Waals surface area (Å²) in [6, 6.07) is 6.31. The molecule has 1 aliphatic heterocycles. The highest BCUT2D eigenvalue weighted by Gasteiger charge is 2.30. The average molecular weight is 428 g/mol. The van der Waals surface area contributed by atoms with Gasteiger partial charge < -0.3 is 18.9 Å². The van der Waals surface area contributed by atoms with Gasteiger partial charge >= 0.3 is 5.97 Å². The zero-order chi connectivity index (χ0) is 21.9. The molecule has 170 valence electrons. The molecule has 1 aliphatic rings. The summed E-state index contributed by atoms with van der Waals surface area (Å²) in [5.74, 6) is 1.11. The first kappa shape index (κ1) is 23.2. The second-order valence-electron chi connectivity index (χ2n) is 8.31. The zero-order valence-electron chi connectivity index (χ0n) is 19.1. The van der Waals surface area contributed by atoms with Gasteiger partial charge in [-0.05, 0) is 43.5 Å². The van der Waals surface area contributed by atoms with Crippen LogP contribution in [0.15, 0.2) is 36.9 Å². The molecule has 6 heteroatoms. The van der Waals surface area contributed by atoms with Crippen LogP contribution in [0.5, 0.6) is 5.75 Å². The number of fused-ring (bicyclic) bond motifs is 1. The van der Waals surface area contributed by atoms with E-state index in [1.807, 2.05) is 31.7 Å². The number of esters is 1.